The van der Waals surface area contributed by atoms with Crippen molar-refractivity contribution in [1.82, 2.24) is 9.21 Å². The Kier molecular flexibility index (Phi) is 6.01. The van der Waals surface area contributed by atoms with Crippen molar-refractivity contribution in [3.63, 3.8) is 0 Å². The molecule has 1 aliphatic heterocycles. The lowest BCUT2D eigenvalue weighted by atomic mass is 10.1. The molecule has 4 rings (SSSR count). The van der Waals surface area contributed by atoms with Crippen LogP contribution in [0.5, 0.6) is 0 Å². The standard InChI is InChI=1S/C23H28N2O3S/c26-23(25(21-11-12-21)18-20-7-3-1-4-8-20)17-19-9-13-22(14-10-19)29(27,28)24-15-5-2-6-16-24/h1,3-4,7-10,13-14,21H,2,5-6,11-12,15-18H2. The molecule has 2 aromatic rings. The first kappa shape index (κ1) is 20.1. The van der Waals surface area contributed by atoms with Gasteiger partial charge in [-0.05, 0) is 48.9 Å². The van der Waals surface area contributed by atoms with Gasteiger partial charge in [0.1, 0.15) is 0 Å². The van der Waals surface area contributed by atoms with Crippen LogP contribution < -0.4 is 0 Å². The lowest BCUT2D eigenvalue weighted by Gasteiger charge is -2.26. The summed E-state index contributed by atoms with van der Waals surface area (Å²) in [5, 5.41) is 0. The highest BCUT2D eigenvalue weighted by Gasteiger charge is 2.32. The predicted octanol–water partition coefficient (Wildman–Crippen LogP) is 3.59. The summed E-state index contributed by atoms with van der Waals surface area (Å²) in [5.74, 6) is 0.1000. The van der Waals surface area contributed by atoms with Crippen molar-refractivity contribution in [3.05, 3.63) is 65.7 Å². The maximum Gasteiger partial charge on any atom is 0.243 e. The lowest BCUT2D eigenvalue weighted by molar-refractivity contribution is -0.131. The number of sulfonamides is 1. The SMILES string of the molecule is O=C(Cc1ccc(S(=O)(=O)N2CCCCC2)cc1)N(Cc1ccccc1)C1CC1. The van der Waals surface area contributed by atoms with Crippen LogP contribution in [0.2, 0.25) is 0 Å². The van der Waals surface area contributed by atoms with Crippen molar-refractivity contribution in [1.29, 1.82) is 0 Å². The van der Waals surface area contributed by atoms with Crippen molar-refractivity contribution in [2.75, 3.05) is 13.1 Å². The van der Waals surface area contributed by atoms with Crippen molar-refractivity contribution >= 4 is 15.9 Å². The van der Waals surface area contributed by atoms with E-state index in [-0.39, 0.29) is 5.91 Å². The van der Waals surface area contributed by atoms with Gasteiger partial charge in [-0.15, -0.1) is 0 Å². The number of piperidine rings is 1. The van der Waals surface area contributed by atoms with E-state index in [2.05, 4.69) is 0 Å². The first-order valence-electron chi connectivity index (χ1n) is 10.5. The Bertz CT molecular complexity index is 932. The highest BCUT2D eigenvalue weighted by Crippen LogP contribution is 2.29. The summed E-state index contributed by atoms with van der Waals surface area (Å²) in [6.45, 7) is 1.82. The van der Waals surface area contributed by atoms with E-state index < -0.39 is 10.0 Å². The number of hydrogen-bond acceptors (Lipinski definition) is 3. The van der Waals surface area contributed by atoms with E-state index in [1.54, 1.807) is 28.6 Å². The number of carbonyl (C=O) groups is 1. The summed E-state index contributed by atoms with van der Waals surface area (Å²) in [5.41, 5.74) is 1.99. The Balaban J connectivity index is 1.43. The molecule has 29 heavy (non-hydrogen) atoms. The van der Waals surface area contributed by atoms with Crippen LogP contribution in [0.15, 0.2) is 59.5 Å². The zero-order chi connectivity index (χ0) is 20.3. The first-order chi connectivity index (χ1) is 14.0. The molecule has 1 amide bonds. The van der Waals surface area contributed by atoms with Gasteiger partial charge in [-0.1, -0.05) is 48.9 Å². The van der Waals surface area contributed by atoms with Gasteiger partial charge in [0.15, 0.2) is 0 Å². The Morgan fingerprint density at radius 1 is 0.897 bits per heavy atom. The minimum atomic E-state index is -3.43. The van der Waals surface area contributed by atoms with Crippen LogP contribution in [0.25, 0.3) is 0 Å². The molecular weight excluding hydrogens is 384 g/mol. The Hall–Kier alpha value is -2.18. The average Bonchev–Trinajstić information content (AvgIpc) is 3.59. The minimum Gasteiger partial charge on any atom is -0.335 e. The minimum absolute atomic E-state index is 0.1000. The molecule has 2 aliphatic rings. The molecule has 0 unspecified atom stereocenters. The van der Waals surface area contributed by atoms with E-state index in [9.17, 15) is 13.2 Å². The Labute approximate surface area is 173 Å². The van der Waals surface area contributed by atoms with Crippen molar-refractivity contribution in [2.45, 2.75) is 56.0 Å². The molecule has 0 atom stereocenters. The molecule has 154 valence electrons. The molecule has 0 N–H and O–H groups in total. The summed E-state index contributed by atoms with van der Waals surface area (Å²) in [6.07, 6.45) is 5.35. The topological polar surface area (TPSA) is 57.7 Å². The van der Waals surface area contributed by atoms with E-state index in [1.165, 1.54) is 0 Å². The third-order valence-corrected chi connectivity index (χ3v) is 7.65. The third kappa shape index (κ3) is 4.87. The normalized spacial score (nSPS) is 17.8. The maximum absolute atomic E-state index is 12.9. The second kappa shape index (κ2) is 8.67. The molecule has 0 radical (unpaired) electrons. The van der Waals surface area contributed by atoms with Gasteiger partial charge in [0.25, 0.3) is 0 Å². The summed E-state index contributed by atoms with van der Waals surface area (Å²) in [4.78, 5) is 15.2. The van der Waals surface area contributed by atoms with Crippen LogP contribution in [0.1, 0.15) is 43.2 Å². The van der Waals surface area contributed by atoms with E-state index in [0.717, 1.165) is 43.2 Å². The van der Waals surface area contributed by atoms with Crippen LogP contribution in [0, 0.1) is 0 Å². The Morgan fingerprint density at radius 2 is 1.55 bits per heavy atom. The van der Waals surface area contributed by atoms with Crippen LogP contribution in [-0.4, -0.2) is 42.7 Å². The number of rotatable bonds is 7. The van der Waals surface area contributed by atoms with Crippen LogP contribution in [0.4, 0.5) is 0 Å². The quantitative estimate of drug-likeness (QED) is 0.698. The fourth-order valence-corrected chi connectivity index (χ4v) is 5.41. The number of hydrogen-bond donors (Lipinski definition) is 0. The average molecular weight is 413 g/mol. The van der Waals surface area contributed by atoms with Gasteiger partial charge in [-0.3, -0.25) is 4.79 Å². The van der Waals surface area contributed by atoms with Crippen molar-refractivity contribution in [2.24, 2.45) is 0 Å². The zero-order valence-corrected chi connectivity index (χ0v) is 17.5. The van der Waals surface area contributed by atoms with Gasteiger partial charge in [0.2, 0.25) is 15.9 Å². The molecule has 0 aromatic heterocycles. The number of carbonyl (C=O) groups excluding carboxylic acids is 1. The molecule has 2 fully saturated rings. The van der Waals surface area contributed by atoms with E-state index in [0.29, 0.717) is 37.0 Å². The monoisotopic (exact) mass is 412 g/mol. The first-order valence-corrected chi connectivity index (χ1v) is 11.9. The number of benzene rings is 2. The van der Waals surface area contributed by atoms with Gasteiger partial charge in [0.05, 0.1) is 11.3 Å². The zero-order valence-electron chi connectivity index (χ0n) is 16.7. The molecule has 1 saturated carbocycles. The summed E-state index contributed by atoms with van der Waals surface area (Å²) < 4.78 is 27.1. The van der Waals surface area contributed by atoms with Crippen LogP contribution in [0.3, 0.4) is 0 Å². The van der Waals surface area contributed by atoms with Gasteiger partial charge in [-0.25, -0.2) is 8.42 Å². The van der Waals surface area contributed by atoms with E-state index in [1.807, 2.05) is 35.2 Å². The number of amides is 1. The molecule has 1 heterocycles. The second-order valence-corrected chi connectivity index (χ2v) is 9.96. The molecule has 0 spiro atoms. The molecular formula is C23H28N2O3S. The van der Waals surface area contributed by atoms with E-state index in [4.69, 9.17) is 0 Å². The van der Waals surface area contributed by atoms with Gasteiger partial charge in [0, 0.05) is 25.7 Å². The third-order valence-electron chi connectivity index (χ3n) is 5.74. The molecule has 6 heteroatoms. The second-order valence-electron chi connectivity index (χ2n) is 8.02. The molecule has 2 aromatic carbocycles. The number of nitrogens with zero attached hydrogens (tertiary/aromatic N) is 2. The fourth-order valence-electron chi connectivity index (χ4n) is 3.90. The van der Waals surface area contributed by atoms with Gasteiger partial charge < -0.3 is 4.90 Å². The van der Waals surface area contributed by atoms with Gasteiger partial charge >= 0.3 is 0 Å². The predicted molar refractivity (Wildman–Crippen MR) is 113 cm³/mol. The van der Waals surface area contributed by atoms with Gasteiger partial charge in [-0.2, -0.15) is 4.31 Å². The lowest BCUT2D eigenvalue weighted by Crippen LogP contribution is -2.35. The van der Waals surface area contributed by atoms with Crippen LogP contribution in [-0.2, 0) is 27.8 Å². The van der Waals surface area contributed by atoms with Crippen molar-refractivity contribution < 1.29 is 13.2 Å². The molecule has 1 aliphatic carbocycles. The molecule has 1 saturated heterocycles. The van der Waals surface area contributed by atoms with Crippen molar-refractivity contribution in [3.8, 4) is 0 Å². The Morgan fingerprint density at radius 3 is 2.17 bits per heavy atom. The summed E-state index contributed by atoms with van der Waals surface area (Å²) >= 11 is 0. The summed E-state index contributed by atoms with van der Waals surface area (Å²) in [7, 11) is -3.43. The molecule has 5 nitrogen and oxygen atoms in total. The van der Waals surface area contributed by atoms with Crippen LogP contribution >= 0.6 is 0 Å². The van der Waals surface area contributed by atoms with E-state index >= 15 is 0 Å². The maximum atomic E-state index is 12.9. The highest BCUT2D eigenvalue weighted by molar-refractivity contribution is 7.89. The smallest absolute Gasteiger partial charge is 0.243 e. The molecule has 0 bridgehead atoms. The largest absolute Gasteiger partial charge is 0.335 e. The fraction of sp³-hybridized carbons (Fsp3) is 0.435. The summed E-state index contributed by atoms with van der Waals surface area (Å²) in [6, 6.07) is 17.2. The highest BCUT2D eigenvalue weighted by atomic mass is 32.2.